The van der Waals surface area contributed by atoms with E-state index in [0.717, 1.165) is 18.5 Å². The van der Waals surface area contributed by atoms with Gasteiger partial charge in [-0.1, -0.05) is 6.07 Å². The van der Waals surface area contributed by atoms with E-state index in [0.29, 0.717) is 19.6 Å². The largest absolute Gasteiger partial charge is 0.464 e. The molecule has 1 aromatic heterocycles. The van der Waals surface area contributed by atoms with Gasteiger partial charge in [0.1, 0.15) is 6.04 Å². The van der Waals surface area contributed by atoms with E-state index in [-0.39, 0.29) is 18.3 Å². The molecule has 0 N–H and O–H groups in total. The maximum atomic E-state index is 12.4. The van der Waals surface area contributed by atoms with Crippen LogP contribution in [-0.4, -0.2) is 41.0 Å². The van der Waals surface area contributed by atoms with Gasteiger partial charge in [-0.25, -0.2) is 4.79 Å². The van der Waals surface area contributed by atoms with Crippen LogP contribution in [0, 0.1) is 0 Å². The Kier molecular flexibility index (Phi) is 5.09. The van der Waals surface area contributed by atoms with Crippen molar-refractivity contribution in [2.45, 2.75) is 38.6 Å². The van der Waals surface area contributed by atoms with Gasteiger partial charge in [0, 0.05) is 18.4 Å². The van der Waals surface area contributed by atoms with Gasteiger partial charge in [-0.3, -0.25) is 9.78 Å². The van der Waals surface area contributed by atoms with E-state index >= 15 is 0 Å². The van der Waals surface area contributed by atoms with Gasteiger partial charge >= 0.3 is 5.97 Å². The summed E-state index contributed by atoms with van der Waals surface area (Å²) in [4.78, 5) is 30.1. The van der Waals surface area contributed by atoms with Gasteiger partial charge in [0.15, 0.2) is 0 Å². The smallest absolute Gasteiger partial charge is 0.328 e. The zero-order chi connectivity index (χ0) is 14.4. The summed E-state index contributed by atoms with van der Waals surface area (Å²) in [6, 6.07) is 5.06. The molecule has 5 heteroatoms. The summed E-state index contributed by atoms with van der Waals surface area (Å²) in [6.45, 7) is 2.74. The van der Waals surface area contributed by atoms with Crippen LogP contribution >= 0.6 is 0 Å². The molecule has 20 heavy (non-hydrogen) atoms. The number of ether oxygens (including phenoxy) is 1. The fourth-order valence-corrected chi connectivity index (χ4v) is 2.47. The average molecular weight is 276 g/mol. The number of carbonyl (C=O) groups excluding carboxylic acids is 2. The lowest BCUT2D eigenvalue weighted by Gasteiger charge is -2.34. The lowest BCUT2D eigenvalue weighted by atomic mass is 10.0. The van der Waals surface area contributed by atoms with Gasteiger partial charge in [0.05, 0.1) is 13.0 Å². The Morgan fingerprint density at radius 3 is 2.95 bits per heavy atom. The van der Waals surface area contributed by atoms with Crippen LogP contribution in [-0.2, 0) is 20.7 Å². The van der Waals surface area contributed by atoms with E-state index in [1.165, 1.54) is 0 Å². The molecule has 0 saturated carbocycles. The number of hydrogen-bond donors (Lipinski definition) is 0. The van der Waals surface area contributed by atoms with Gasteiger partial charge in [0.25, 0.3) is 0 Å². The molecule has 1 aliphatic rings. The van der Waals surface area contributed by atoms with Crippen molar-refractivity contribution < 1.29 is 14.3 Å². The van der Waals surface area contributed by atoms with Crippen LogP contribution in [0.3, 0.4) is 0 Å². The van der Waals surface area contributed by atoms with E-state index in [4.69, 9.17) is 4.74 Å². The average Bonchev–Trinajstić information content (AvgIpc) is 2.48. The number of likely N-dealkylation sites (tertiary alicyclic amines) is 1. The van der Waals surface area contributed by atoms with Crippen molar-refractivity contribution in [3.63, 3.8) is 0 Å². The van der Waals surface area contributed by atoms with E-state index in [1.807, 2.05) is 18.2 Å². The van der Waals surface area contributed by atoms with Crippen molar-refractivity contribution in [1.29, 1.82) is 0 Å². The molecule has 0 bridgehead atoms. The highest BCUT2D eigenvalue weighted by Crippen LogP contribution is 2.19. The third-order valence-electron chi connectivity index (χ3n) is 3.44. The molecule has 0 spiro atoms. The Morgan fingerprint density at radius 2 is 2.25 bits per heavy atom. The Labute approximate surface area is 118 Å². The van der Waals surface area contributed by atoms with Gasteiger partial charge in [-0.2, -0.15) is 0 Å². The van der Waals surface area contributed by atoms with E-state index in [9.17, 15) is 9.59 Å². The molecule has 1 fully saturated rings. The highest BCUT2D eigenvalue weighted by Gasteiger charge is 2.32. The Balaban J connectivity index is 2.03. The van der Waals surface area contributed by atoms with Crippen molar-refractivity contribution in [1.82, 2.24) is 9.88 Å². The fourth-order valence-electron chi connectivity index (χ4n) is 2.47. The van der Waals surface area contributed by atoms with Crippen LogP contribution in [0.15, 0.2) is 24.4 Å². The molecule has 0 aliphatic carbocycles. The number of carbonyl (C=O) groups is 2. The van der Waals surface area contributed by atoms with Crippen molar-refractivity contribution in [3.8, 4) is 0 Å². The van der Waals surface area contributed by atoms with Gasteiger partial charge in [-0.15, -0.1) is 0 Å². The minimum absolute atomic E-state index is 0.0542. The number of aromatic nitrogens is 1. The molecule has 0 radical (unpaired) electrons. The van der Waals surface area contributed by atoms with Crippen molar-refractivity contribution in [2.24, 2.45) is 0 Å². The normalized spacial score (nSPS) is 18.6. The van der Waals surface area contributed by atoms with Crippen LogP contribution < -0.4 is 0 Å². The standard InChI is InChI=1S/C15H20N2O3/c1-2-20-15(19)13-8-4-6-10-17(13)14(18)11-12-7-3-5-9-16-12/h3,5,7,9,13H,2,4,6,8,10-11H2,1H3. The molecule has 2 rings (SSSR count). The summed E-state index contributed by atoms with van der Waals surface area (Å²) in [5.74, 6) is -0.344. The first-order valence-electron chi connectivity index (χ1n) is 7.08. The van der Waals surface area contributed by atoms with Crippen molar-refractivity contribution in [3.05, 3.63) is 30.1 Å². The first-order chi connectivity index (χ1) is 9.72. The predicted octanol–water partition coefficient (Wildman–Crippen LogP) is 1.57. The van der Waals surface area contributed by atoms with Crippen molar-refractivity contribution >= 4 is 11.9 Å². The summed E-state index contributed by atoms with van der Waals surface area (Å²) in [6.07, 6.45) is 4.48. The Bertz CT molecular complexity index is 461. The van der Waals surface area contributed by atoms with Crippen LogP contribution in [0.25, 0.3) is 0 Å². The molecule has 1 unspecified atom stereocenters. The number of esters is 1. The van der Waals surface area contributed by atoms with Crippen LogP contribution in [0.1, 0.15) is 31.9 Å². The number of amides is 1. The predicted molar refractivity (Wildman–Crippen MR) is 73.9 cm³/mol. The summed E-state index contributed by atoms with van der Waals surface area (Å²) in [5, 5.41) is 0. The topological polar surface area (TPSA) is 59.5 Å². The number of nitrogens with zero attached hydrogens (tertiary/aromatic N) is 2. The minimum atomic E-state index is -0.431. The zero-order valence-electron chi connectivity index (χ0n) is 11.7. The number of pyridine rings is 1. The van der Waals surface area contributed by atoms with E-state index in [1.54, 1.807) is 18.0 Å². The Morgan fingerprint density at radius 1 is 1.40 bits per heavy atom. The summed E-state index contributed by atoms with van der Waals surface area (Å²) in [5.41, 5.74) is 0.727. The fraction of sp³-hybridized carbons (Fsp3) is 0.533. The number of hydrogen-bond acceptors (Lipinski definition) is 4. The molecule has 5 nitrogen and oxygen atoms in total. The van der Waals surface area contributed by atoms with Gasteiger partial charge < -0.3 is 9.64 Å². The first-order valence-corrected chi connectivity index (χ1v) is 7.08. The van der Waals surface area contributed by atoms with Crippen LogP contribution in [0.2, 0.25) is 0 Å². The highest BCUT2D eigenvalue weighted by molar-refractivity contribution is 5.85. The lowest BCUT2D eigenvalue weighted by Crippen LogP contribution is -2.49. The van der Waals surface area contributed by atoms with E-state index < -0.39 is 6.04 Å². The highest BCUT2D eigenvalue weighted by atomic mass is 16.5. The van der Waals surface area contributed by atoms with Crippen LogP contribution in [0.4, 0.5) is 0 Å². The Hall–Kier alpha value is -1.91. The van der Waals surface area contributed by atoms with Crippen molar-refractivity contribution in [2.75, 3.05) is 13.2 Å². The lowest BCUT2D eigenvalue weighted by molar-refractivity contribution is -0.156. The van der Waals surface area contributed by atoms with Gasteiger partial charge in [-0.05, 0) is 38.3 Å². The molecule has 2 heterocycles. The SMILES string of the molecule is CCOC(=O)C1CCCCN1C(=O)Cc1ccccn1. The van der Waals surface area contributed by atoms with Crippen LogP contribution in [0.5, 0.6) is 0 Å². The molecular formula is C15H20N2O3. The monoisotopic (exact) mass is 276 g/mol. The molecule has 1 aromatic rings. The second-order valence-electron chi connectivity index (χ2n) is 4.85. The van der Waals surface area contributed by atoms with E-state index in [2.05, 4.69) is 4.98 Å². The summed E-state index contributed by atoms with van der Waals surface area (Å²) >= 11 is 0. The molecule has 108 valence electrons. The summed E-state index contributed by atoms with van der Waals surface area (Å²) in [7, 11) is 0. The maximum Gasteiger partial charge on any atom is 0.328 e. The molecule has 0 aromatic carbocycles. The third-order valence-corrected chi connectivity index (χ3v) is 3.44. The third kappa shape index (κ3) is 3.56. The second kappa shape index (κ2) is 7.03. The molecule has 1 saturated heterocycles. The maximum absolute atomic E-state index is 12.4. The number of rotatable bonds is 4. The molecule has 1 amide bonds. The first kappa shape index (κ1) is 14.5. The minimum Gasteiger partial charge on any atom is -0.464 e. The zero-order valence-corrected chi connectivity index (χ0v) is 11.7. The molecule has 1 aliphatic heterocycles. The summed E-state index contributed by atoms with van der Waals surface area (Å²) < 4.78 is 5.06. The molecular weight excluding hydrogens is 256 g/mol. The second-order valence-corrected chi connectivity index (χ2v) is 4.85. The van der Waals surface area contributed by atoms with Gasteiger partial charge in [0.2, 0.25) is 5.91 Å². The quantitative estimate of drug-likeness (QED) is 0.783. The number of piperidine rings is 1. The molecule has 1 atom stereocenters.